The van der Waals surface area contributed by atoms with Crippen LogP contribution >= 0.6 is 11.3 Å². The smallest absolute Gasteiger partial charge is 0.415 e. The van der Waals surface area contributed by atoms with Gasteiger partial charge in [0.1, 0.15) is 52.1 Å². The monoisotopic (exact) mass is 782 g/mol. The zero-order valence-corrected chi connectivity index (χ0v) is 31.0. The summed E-state index contributed by atoms with van der Waals surface area (Å²) in [5.41, 5.74) is 4.83. The van der Waals surface area contributed by atoms with Gasteiger partial charge in [0.25, 0.3) is 5.56 Å². The summed E-state index contributed by atoms with van der Waals surface area (Å²) in [5, 5.41) is 10.2. The maximum absolute atomic E-state index is 17.7. The predicted molar refractivity (Wildman–Crippen MR) is 204 cm³/mol. The average molecular weight is 783 g/mol. The van der Waals surface area contributed by atoms with Crippen molar-refractivity contribution in [3.8, 4) is 29.1 Å². The summed E-state index contributed by atoms with van der Waals surface area (Å²) in [5.74, 6) is -0.852. The van der Waals surface area contributed by atoms with Gasteiger partial charge < -0.3 is 24.7 Å². The van der Waals surface area contributed by atoms with Crippen molar-refractivity contribution >= 4 is 49.2 Å². The number of carbonyl (C=O) groups is 1. The van der Waals surface area contributed by atoms with Crippen molar-refractivity contribution in [1.29, 1.82) is 5.26 Å². The second-order valence-corrected chi connectivity index (χ2v) is 16.7. The maximum atomic E-state index is 17.7. The Labute approximate surface area is 322 Å². The highest BCUT2D eigenvalue weighted by Crippen LogP contribution is 2.46. The lowest BCUT2D eigenvalue weighted by atomic mass is 9.95. The van der Waals surface area contributed by atoms with E-state index in [1.165, 1.54) is 16.7 Å². The molecule has 7 heterocycles. The first-order valence-corrected chi connectivity index (χ1v) is 19.8. The van der Waals surface area contributed by atoms with Gasteiger partial charge in [-0.25, -0.2) is 18.0 Å². The lowest BCUT2D eigenvalue weighted by molar-refractivity contribution is 0.107. The van der Waals surface area contributed by atoms with Crippen LogP contribution in [0.1, 0.15) is 56.6 Å². The molecule has 2 aromatic carbocycles. The minimum absolute atomic E-state index is 0.00318. The van der Waals surface area contributed by atoms with Crippen LogP contribution in [-0.2, 0) is 0 Å². The molecular weight excluding hydrogens is 746 g/mol. The Kier molecular flexibility index (Phi) is 8.19. The summed E-state index contributed by atoms with van der Waals surface area (Å²) in [6.45, 7) is 1.72. The molecule has 1 aliphatic carbocycles. The van der Waals surface area contributed by atoms with E-state index in [0.29, 0.717) is 44.4 Å². The topological polar surface area (TPSA) is 143 Å². The van der Waals surface area contributed by atoms with Gasteiger partial charge in [-0.15, -0.1) is 11.3 Å². The molecule has 1 amide bonds. The number of nitriles is 1. The first-order valence-electron chi connectivity index (χ1n) is 19.0. The molecule has 4 atom stereocenters. The molecule has 0 radical (unpaired) electrons. The van der Waals surface area contributed by atoms with Crippen LogP contribution in [0.15, 0.2) is 47.3 Å². The highest BCUT2D eigenvalue weighted by atomic mass is 32.1. The Hall–Kier alpha value is -5.40. The number of pyridine rings is 1. The largest absolute Gasteiger partial charge is 0.461 e. The number of aromatic nitrogens is 3. The fourth-order valence-corrected chi connectivity index (χ4v) is 10.6. The maximum Gasteiger partial charge on any atom is 0.415 e. The Morgan fingerprint density at radius 3 is 2.50 bits per heavy atom. The van der Waals surface area contributed by atoms with E-state index < -0.39 is 35.0 Å². The first kappa shape index (κ1) is 35.0. The summed E-state index contributed by atoms with van der Waals surface area (Å²) in [4.78, 5) is 43.6. The molecule has 12 nitrogen and oxygen atoms in total. The van der Waals surface area contributed by atoms with Gasteiger partial charge in [0.2, 0.25) is 0 Å². The lowest BCUT2D eigenvalue weighted by Gasteiger charge is -2.41. The first-order chi connectivity index (χ1) is 27.1. The number of piperazine rings is 1. The number of ether oxygens (including phenoxy) is 2. The van der Waals surface area contributed by atoms with E-state index in [0.717, 1.165) is 30.7 Å². The number of halogens is 3. The van der Waals surface area contributed by atoms with E-state index in [-0.39, 0.29) is 92.5 Å². The number of fused-ring (bicyclic) bond motifs is 5. The Bertz CT molecular complexity index is 2530. The molecule has 5 aromatic rings. The zero-order chi connectivity index (χ0) is 38.5. The molecule has 16 heteroatoms. The third-order valence-electron chi connectivity index (χ3n) is 12.2. The van der Waals surface area contributed by atoms with Crippen molar-refractivity contribution in [2.75, 3.05) is 43.4 Å². The van der Waals surface area contributed by atoms with Gasteiger partial charge in [0.15, 0.2) is 5.82 Å². The number of nitrogens with zero attached hydrogens (tertiary/aromatic N) is 7. The predicted octanol–water partition coefficient (Wildman–Crippen LogP) is 6.55. The van der Waals surface area contributed by atoms with Crippen LogP contribution in [0.5, 0.6) is 11.8 Å². The third kappa shape index (κ3) is 5.49. The Balaban J connectivity index is 1.12. The van der Waals surface area contributed by atoms with Crippen LogP contribution in [0.2, 0.25) is 0 Å². The number of alkyl halides is 1. The van der Waals surface area contributed by atoms with Crippen molar-refractivity contribution < 1.29 is 27.4 Å². The van der Waals surface area contributed by atoms with Gasteiger partial charge >= 0.3 is 12.1 Å². The van der Waals surface area contributed by atoms with Crippen molar-refractivity contribution in [1.82, 2.24) is 24.3 Å². The highest BCUT2D eigenvalue weighted by molar-refractivity contribution is 7.23. The van der Waals surface area contributed by atoms with Crippen LogP contribution < -0.4 is 25.7 Å². The van der Waals surface area contributed by atoms with Gasteiger partial charge in [-0.3, -0.25) is 14.6 Å². The molecule has 4 saturated heterocycles. The highest BCUT2D eigenvalue weighted by Gasteiger charge is 2.50. The molecule has 5 aliphatic rings. The van der Waals surface area contributed by atoms with Gasteiger partial charge in [-0.05, 0) is 69.3 Å². The van der Waals surface area contributed by atoms with Crippen LogP contribution in [-0.4, -0.2) is 87.0 Å². The number of anilines is 2. The fourth-order valence-electron chi connectivity index (χ4n) is 9.61. The zero-order valence-electron chi connectivity index (χ0n) is 30.2. The van der Waals surface area contributed by atoms with Crippen molar-refractivity contribution in [2.24, 2.45) is 0 Å². The quantitative estimate of drug-likeness (QED) is 0.193. The molecule has 2 unspecified atom stereocenters. The van der Waals surface area contributed by atoms with E-state index in [1.807, 2.05) is 17.0 Å². The average Bonchev–Trinajstić information content (AvgIpc) is 3.65. The number of hydrogen-bond donors (Lipinski definition) is 1. The van der Waals surface area contributed by atoms with Crippen molar-refractivity contribution in [3.05, 3.63) is 70.0 Å². The fraction of sp³-hybridized carbons (Fsp3) is 0.425. The number of rotatable bonds is 7. The summed E-state index contributed by atoms with van der Waals surface area (Å²) in [6.07, 6.45) is 3.06. The van der Waals surface area contributed by atoms with Gasteiger partial charge in [-0.1, -0.05) is 18.2 Å². The number of hydrogen-bond acceptors (Lipinski definition) is 11. The van der Waals surface area contributed by atoms with E-state index in [4.69, 9.17) is 20.2 Å². The van der Waals surface area contributed by atoms with Gasteiger partial charge in [0, 0.05) is 43.0 Å². The summed E-state index contributed by atoms with van der Waals surface area (Å²) in [7, 11) is 0. The van der Waals surface area contributed by atoms with Crippen LogP contribution in [0, 0.1) is 23.0 Å². The van der Waals surface area contributed by atoms with Crippen LogP contribution in [0.25, 0.3) is 32.2 Å². The number of carbonyl (C=O) groups excluding carboxylic acids is 1. The number of nitrogen functional groups attached to an aromatic ring is 1. The molecule has 2 bridgehead atoms. The van der Waals surface area contributed by atoms with Gasteiger partial charge in [-0.2, -0.15) is 15.2 Å². The normalized spacial score (nSPS) is 24.6. The number of nitrogens with two attached hydrogens (primary N) is 1. The van der Waals surface area contributed by atoms with E-state index in [2.05, 4.69) is 9.88 Å². The number of para-hydroxylation sites is 1. The minimum atomic E-state index is -0.995. The molecule has 56 heavy (non-hydrogen) atoms. The number of benzene rings is 2. The van der Waals surface area contributed by atoms with E-state index >= 15 is 8.78 Å². The summed E-state index contributed by atoms with van der Waals surface area (Å²) < 4.78 is 61.1. The van der Waals surface area contributed by atoms with Crippen molar-refractivity contribution in [3.63, 3.8) is 0 Å². The summed E-state index contributed by atoms with van der Waals surface area (Å²) >= 11 is 0.891. The second-order valence-electron chi connectivity index (χ2n) is 15.6. The molecule has 4 aliphatic heterocycles. The minimum Gasteiger partial charge on any atom is -0.461 e. The molecular formula is C40H37F3N8O4S. The Morgan fingerprint density at radius 1 is 1.02 bits per heavy atom. The second kappa shape index (κ2) is 13.1. The Morgan fingerprint density at radius 2 is 1.77 bits per heavy atom. The molecule has 3 aromatic heterocycles. The molecule has 10 rings (SSSR count). The standard InChI is InChI=1S/C40H37F3N8O4S/c41-21-15-40(13-4-14-49(40)17-21)20-54-38-46-32-30(36(47-38)48-18-23-9-10-24(19-48)50(23)39(53)55-25-5-2-1-3-6-25)37(52)51(22-7-8-22)33(31(32)43)26-11-12-28(42)34-29(26)27(16-44)35(45)56-34/h1-3,5-6,11-12,21-24H,4,7-10,13-15,17-20,45H2/t21-,23?,24?,40+/m1/s1. The third-order valence-corrected chi connectivity index (χ3v) is 13.3. The van der Waals surface area contributed by atoms with E-state index in [1.54, 1.807) is 29.2 Å². The van der Waals surface area contributed by atoms with Crippen LogP contribution in [0.3, 0.4) is 0 Å². The molecule has 2 N–H and O–H groups in total. The van der Waals surface area contributed by atoms with Crippen LogP contribution in [0.4, 0.5) is 28.8 Å². The summed E-state index contributed by atoms with van der Waals surface area (Å²) in [6, 6.07) is 12.4. The van der Waals surface area contributed by atoms with Crippen molar-refractivity contribution in [2.45, 2.75) is 74.8 Å². The number of amides is 1. The molecule has 5 fully saturated rings. The number of thiophene rings is 1. The lowest BCUT2D eigenvalue weighted by Crippen LogP contribution is -2.57. The SMILES string of the molecule is N#Cc1c(N)sc2c(F)ccc(-c3c(F)c4nc(OC[C@@]56CCCN5C[C@H](F)C6)nc(N5CC6CCC(C5)N6C(=O)Oc5ccccc5)c4c(=O)n3C3CC3)c12. The molecule has 0 spiro atoms. The molecule has 288 valence electrons. The molecule has 1 saturated carbocycles. The van der Waals surface area contributed by atoms with E-state index in [9.17, 15) is 19.2 Å². The van der Waals surface area contributed by atoms with Gasteiger partial charge in [0.05, 0.1) is 33.6 Å².